The number of carbonyl (C=O) groups is 1. The molecular formula is C17H22N4OS3. The lowest BCUT2D eigenvalue weighted by atomic mass is 10.1. The summed E-state index contributed by atoms with van der Waals surface area (Å²) in [6, 6.07) is 8.64. The van der Waals surface area contributed by atoms with E-state index in [4.69, 9.17) is 0 Å². The van der Waals surface area contributed by atoms with E-state index < -0.39 is 0 Å². The summed E-state index contributed by atoms with van der Waals surface area (Å²) >= 11 is 4.62. The average Bonchev–Trinajstić information content (AvgIpc) is 3.08. The molecule has 1 aromatic heterocycles. The first-order chi connectivity index (χ1) is 12.1. The highest BCUT2D eigenvalue weighted by atomic mass is 32.2. The number of thioether (sulfide) groups is 2. The van der Waals surface area contributed by atoms with Crippen molar-refractivity contribution in [2.45, 2.75) is 22.1 Å². The van der Waals surface area contributed by atoms with E-state index in [9.17, 15) is 4.79 Å². The number of aromatic nitrogens is 2. The van der Waals surface area contributed by atoms with E-state index in [-0.39, 0.29) is 5.91 Å². The van der Waals surface area contributed by atoms with Gasteiger partial charge in [0.05, 0.1) is 5.75 Å². The van der Waals surface area contributed by atoms with Gasteiger partial charge in [0.25, 0.3) is 0 Å². The molecule has 0 spiro atoms. The molecule has 1 aliphatic heterocycles. The van der Waals surface area contributed by atoms with Crippen LogP contribution in [0.1, 0.15) is 11.1 Å². The Labute approximate surface area is 161 Å². The van der Waals surface area contributed by atoms with E-state index in [0.29, 0.717) is 5.75 Å². The third-order valence-corrected chi connectivity index (χ3v) is 7.11. The van der Waals surface area contributed by atoms with E-state index in [1.165, 1.54) is 22.9 Å². The summed E-state index contributed by atoms with van der Waals surface area (Å²) in [5, 5.41) is 8.16. The molecule has 8 heteroatoms. The molecule has 0 N–H and O–H groups in total. The molecule has 1 fully saturated rings. The molecule has 0 bridgehead atoms. The average molecular weight is 395 g/mol. The quantitative estimate of drug-likeness (QED) is 0.702. The molecule has 0 atom stereocenters. The second-order valence-corrected chi connectivity index (χ2v) is 9.23. The van der Waals surface area contributed by atoms with Crippen LogP contribution in [0.25, 0.3) is 0 Å². The second kappa shape index (κ2) is 9.02. The summed E-state index contributed by atoms with van der Waals surface area (Å²) in [6.45, 7) is 6.55. The van der Waals surface area contributed by atoms with Crippen LogP contribution in [0.4, 0.5) is 0 Å². The molecule has 1 saturated heterocycles. The fraction of sp³-hybridized carbons (Fsp3) is 0.471. The Morgan fingerprint density at radius 3 is 2.64 bits per heavy atom. The number of nitrogens with zero attached hydrogens (tertiary/aromatic N) is 4. The maximum absolute atomic E-state index is 12.4. The van der Waals surface area contributed by atoms with Gasteiger partial charge in [-0.05, 0) is 18.7 Å². The number of piperazine rings is 1. The minimum atomic E-state index is 0.195. The number of amides is 1. The fourth-order valence-corrected chi connectivity index (χ4v) is 5.12. The normalized spacial score (nSPS) is 15.5. The summed E-state index contributed by atoms with van der Waals surface area (Å²) in [5.41, 5.74) is 2.64. The van der Waals surface area contributed by atoms with Gasteiger partial charge in [-0.15, -0.1) is 10.2 Å². The van der Waals surface area contributed by atoms with Gasteiger partial charge < -0.3 is 4.90 Å². The number of carbonyl (C=O) groups excluding carboxylic acids is 1. The van der Waals surface area contributed by atoms with Crippen molar-refractivity contribution in [2.24, 2.45) is 0 Å². The first-order valence-electron chi connectivity index (χ1n) is 8.20. The molecule has 1 amide bonds. The third kappa shape index (κ3) is 5.44. The molecule has 25 heavy (non-hydrogen) atoms. The third-order valence-electron chi connectivity index (χ3n) is 4.10. The number of aryl methyl sites for hydroxylation is 1. The van der Waals surface area contributed by atoms with Crippen molar-refractivity contribution in [1.82, 2.24) is 20.0 Å². The molecule has 3 rings (SSSR count). The molecule has 0 aliphatic carbocycles. The Morgan fingerprint density at radius 2 is 1.96 bits per heavy atom. The zero-order valence-corrected chi connectivity index (χ0v) is 16.9. The Bertz CT molecular complexity index is 713. The van der Waals surface area contributed by atoms with Gasteiger partial charge in [-0.25, -0.2) is 0 Å². The number of hydrogen-bond donors (Lipinski definition) is 0. The maximum Gasteiger partial charge on any atom is 0.233 e. The van der Waals surface area contributed by atoms with Gasteiger partial charge in [-0.3, -0.25) is 9.69 Å². The topological polar surface area (TPSA) is 49.3 Å². The van der Waals surface area contributed by atoms with Crippen LogP contribution in [-0.4, -0.2) is 64.1 Å². The molecule has 2 heterocycles. The zero-order chi connectivity index (χ0) is 17.6. The van der Waals surface area contributed by atoms with Gasteiger partial charge in [0.1, 0.15) is 0 Å². The molecule has 0 unspecified atom stereocenters. The zero-order valence-electron chi connectivity index (χ0n) is 14.5. The van der Waals surface area contributed by atoms with Gasteiger partial charge in [0, 0.05) is 32.7 Å². The van der Waals surface area contributed by atoms with E-state index in [0.717, 1.165) is 41.4 Å². The highest BCUT2D eigenvalue weighted by Crippen LogP contribution is 2.27. The summed E-state index contributed by atoms with van der Waals surface area (Å²) in [4.78, 5) is 16.8. The molecule has 1 aromatic carbocycles. The smallest absolute Gasteiger partial charge is 0.233 e. The van der Waals surface area contributed by atoms with E-state index in [1.54, 1.807) is 23.1 Å². The van der Waals surface area contributed by atoms with Crippen LogP contribution in [0.3, 0.4) is 0 Å². The van der Waals surface area contributed by atoms with Crippen molar-refractivity contribution in [1.29, 1.82) is 0 Å². The molecule has 0 saturated carbocycles. The van der Waals surface area contributed by atoms with Crippen LogP contribution in [0.2, 0.25) is 0 Å². The van der Waals surface area contributed by atoms with Gasteiger partial charge in [0.2, 0.25) is 5.91 Å². The van der Waals surface area contributed by atoms with Gasteiger partial charge in [-0.1, -0.05) is 64.7 Å². The van der Waals surface area contributed by atoms with Crippen molar-refractivity contribution in [3.8, 4) is 0 Å². The van der Waals surface area contributed by atoms with Crippen molar-refractivity contribution in [3.63, 3.8) is 0 Å². The van der Waals surface area contributed by atoms with Gasteiger partial charge in [0.15, 0.2) is 8.68 Å². The molecule has 0 radical (unpaired) electrons. The molecule has 1 aliphatic rings. The number of hydrogen-bond acceptors (Lipinski definition) is 7. The summed E-state index contributed by atoms with van der Waals surface area (Å²) in [6.07, 6.45) is 1.98. The fourth-order valence-electron chi connectivity index (χ4n) is 2.78. The van der Waals surface area contributed by atoms with Crippen LogP contribution >= 0.6 is 34.9 Å². The monoisotopic (exact) mass is 394 g/mol. The lowest BCUT2D eigenvalue weighted by Gasteiger charge is -2.34. The minimum Gasteiger partial charge on any atom is -0.339 e. The first-order valence-corrected chi connectivity index (χ1v) is 11.2. The van der Waals surface area contributed by atoms with Crippen molar-refractivity contribution in [2.75, 3.05) is 38.2 Å². The highest BCUT2D eigenvalue weighted by Gasteiger charge is 2.21. The number of rotatable bonds is 6. The van der Waals surface area contributed by atoms with Crippen molar-refractivity contribution >= 4 is 40.8 Å². The van der Waals surface area contributed by atoms with E-state index in [2.05, 4.69) is 46.3 Å². The van der Waals surface area contributed by atoms with Crippen molar-refractivity contribution in [3.05, 3.63) is 35.4 Å². The number of benzene rings is 1. The summed E-state index contributed by atoms with van der Waals surface area (Å²) < 4.78 is 1.82. The van der Waals surface area contributed by atoms with Gasteiger partial charge in [-0.2, -0.15) is 0 Å². The Morgan fingerprint density at radius 1 is 1.20 bits per heavy atom. The lowest BCUT2D eigenvalue weighted by molar-refractivity contribution is -0.130. The van der Waals surface area contributed by atoms with Crippen LogP contribution in [0, 0.1) is 6.92 Å². The largest absolute Gasteiger partial charge is 0.339 e. The van der Waals surface area contributed by atoms with Crippen LogP contribution < -0.4 is 0 Å². The van der Waals surface area contributed by atoms with Crippen LogP contribution in [0.15, 0.2) is 32.9 Å². The highest BCUT2D eigenvalue weighted by molar-refractivity contribution is 8.03. The Hall–Kier alpha value is -1.09. The Kier molecular flexibility index (Phi) is 6.75. The van der Waals surface area contributed by atoms with Crippen LogP contribution in [-0.2, 0) is 11.3 Å². The predicted molar refractivity (Wildman–Crippen MR) is 105 cm³/mol. The summed E-state index contributed by atoms with van der Waals surface area (Å²) in [7, 11) is 0. The SMILES string of the molecule is CSc1nnc(SCC(=O)N2CCN(Cc3cccc(C)c3)CC2)s1. The van der Waals surface area contributed by atoms with Gasteiger partial charge >= 0.3 is 0 Å². The molecule has 5 nitrogen and oxygen atoms in total. The van der Waals surface area contributed by atoms with Crippen molar-refractivity contribution < 1.29 is 4.79 Å². The molecule has 134 valence electrons. The van der Waals surface area contributed by atoms with Crippen LogP contribution in [0.5, 0.6) is 0 Å². The Balaban J connectivity index is 1.42. The molecule has 2 aromatic rings. The molecular weight excluding hydrogens is 372 g/mol. The maximum atomic E-state index is 12.4. The first kappa shape index (κ1) is 18.7. The standard InChI is InChI=1S/C17H22N4OS3/c1-13-4-3-5-14(10-13)11-20-6-8-21(9-7-20)15(22)12-24-17-19-18-16(23-2)25-17/h3-5,10H,6-9,11-12H2,1-2H3. The minimum absolute atomic E-state index is 0.195. The van der Waals surface area contributed by atoms with E-state index in [1.807, 2.05) is 11.2 Å². The summed E-state index contributed by atoms with van der Waals surface area (Å²) in [5.74, 6) is 0.641. The second-order valence-electron chi connectivity index (χ2n) is 5.97. The predicted octanol–water partition coefficient (Wildman–Crippen LogP) is 3.00. The van der Waals surface area contributed by atoms with E-state index >= 15 is 0 Å². The lowest BCUT2D eigenvalue weighted by Crippen LogP contribution is -2.48.